The van der Waals surface area contributed by atoms with Crippen molar-refractivity contribution in [1.29, 1.82) is 0 Å². The minimum absolute atomic E-state index is 0.0977. The number of hydrogen-bond acceptors (Lipinski definition) is 9. The van der Waals surface area contributed by atoms with Gasteiger partial charge in [-0.2, -0.15) is 5.10 Å². The number of fused-ring (bicyclic) bond motifs is 1. The van der Waals surface area contributed by atoms with E-state index in [0.29, 0.717) is 56.3 Å². The third-order valence-electron chi connectivity index (χ3n) is 9.13. The number of ketones is 1. The van der Waals surface area contributed by atoms with Gasteiger partial charge in [0.25, 0.3) is 0 Å². The minimum Gasteiger partial charge on any atom is -0.454 e. The highest BCUT2D eigenvalue weighted by Gasteiger charge is 2.27. The molecule has 2 fully saturated rings. The van der Waals surface area contributed by atoms with Crippen LogP contribution in [0.3, 0.4) is 0 Å². The Balaban J connectivity index is 1.14. The molecule has 0 atom stereocenters. The molecule has 0 aliphatic carbocycles. The van der Waals surface area contributed by atoms with Gasteiger partial charge in [-0.1, -0.05) is 12.1 Å². The average Bonchev–Trinajstić information content (AvgIpc) is 3.68. The van der Waals surface area contributed by atoms with Gasteiger partial charge in [0.15, 0.2) is 11.6 Å². The van der Waals surface area contributed by atoms with Crippen LogP contribution in [0.5, 0.6) is 11.5 Å². The topological polar surface area (TPSA) is 148 Å². The van der Waals surface area contributed by atoms with Gasteiger partial charge < -0.3 is 30.4 Å². The Morgan fingerprint density at radius 2 is 1.80 bits per heavy atom. The van der Waals surface area contributed by atoms with E-state index >= 15 is 0 Å². The monoisotopic (exact) mass is 687 g/mol. The van der Waals surface area contributed by atoms with Gasteiger partial charge >= 0.3 is 0 Å². The van der Waals surface area contributed by atoms with Crippen LogP contribution in [0.25, 0.3) is 16.6 Å². The number of aryl methyl sites for hydroxylation is 1. The highest BCUT2D eigenvalue weighted by Crippen LogP contribution is 2.35. The molecular formula is C35H38FN7O5S. The zero-order valence-corrected chi connectivity index (χ0v) is 28.1. The number of para-hydroxylation sites is 1. The van der Waals surface area contributed by atoms with E-state index in [0.717, 1.165) is 40.9 Å². The van der Waals surface area contributed by atoms with Gasteiger partial charge in [-0.15, -0.1) is 0 Å². The summed E-state index contributed by atoms with van der Waals surface area (Å²) in [5, 5.41) is 8.97. The van der Waals surface area contributed by atoms with Crippen molar-refractivity contribution in [3.63, 3.8) is 0 Å². The van der Waals surface area contributed by atoms with Crippen molar-refractivity contribution in [2.24, 2.45) is 0 Å². The lowest BCUT2D eigenvalue weighted by Crippen LogP contribution is -2.42. The zero-order chi connectivity index (χ0) is 34.3. The first-order valence-electron chi connectivity index (χ1n) is 16.2. The Bertz CT molecular complexity index is 2130. The van der Waals surface area contributed by atoms with Crippen LogP contribution in [0.4, 0.5) is 21.6 Å². The molecule has 2 saturated heterocycles. The number of sulfonamides is 1. The quantitative estimate of drug-likeness (QED) is 0.181. The van der Waals surface area contributed by atoms with E-state index in [1.807, 2.05) is 19.1 Å². The van der Waals surface area contributed by atoms with Crippen LogP contribution < -0.4 is 20.7 Å². The number of carbonyl (C=O) groups is 1. The molecule has 256 valence electrons. The average molecular weight is 688 g/mol. The second kappa shape index (κ2) is 13.2. The number of anilines is 3. The molecule has 2 aliphatic heterocycles. The van der Waals surface area contributed by atoms with Gasteiger partial charge in [0, 0.05) is 43.1 Å². The fourth-order valence-corrected chi connectivity index (χ4v) is 7.35. The van der Waals surface area contributed by atoms with Crippen LogP contribution in [0.15, 0.2) is 66.9 Å². The van der Waals surface area contributed by atoms with Gasteiger partial charge in [0.05, 0.1) is 54.0 Å². The summed E-state index contributed by atoms with van der Waals surface area (Å²) in [4.78, 5) is 19.4. The number of aromatic amines is 1. The van der Waals surface area contributed by atoms with Crippen molar-refractivity contribution in [1.82, 2.24) is 19.1 Å². The number of morpholine rings is 1. The van der Waals surface area contributed by atoms with Crippen molar-refractivity contribution in [3.05, 3.63) is 89.5 Å². The number of nitrogens with two attached hydrogens (primary N) is 1. The van der Waals surface area contributed by atoms with Gasteiger partial charge in [0.2, 0.25) is 15.8 Å². The SMILES string of the molecule is Cc1cc(Oc2ccccc2F)ccc1-n1ncc(C(=O)c2cc3cc(N4CCOCC4)c(NC4CCN(S(C)(=O)=O)CC4)cc3[nH]2)c1N. The largest absolute Gasteiger partial charge is 0.454 e. The van der Waals surface area contributed by atoms with Crippen LogP contribution in [-0.4, -0.2) is 85.0 Å². The van der Waals surface area contributed by atoms with Crippen LogP contribution in [0.1, 0.15) is 34.5 Å². The van der Waals surface area contributed by atoms with Crippen LogP contribution in [-0.2, 0) is 14.8 Å². The Morgan fingerprint density at radius 1 is 1.04 bits per heavy atom. The Labute approximate surface area is 283 Å². The van der Waals surface area contributed by atoms with Gasteiger partial charge in [-0.05, 0) is 73.9 Å². The summed E-state index contributed by atoms with van der Waals surface area (Å²) < 4.78 is 52.5. The molecule has 2 aliphatic rings. The highest BCUT2D eigenvalue weighted by molar-refractivity contribution is 7.88. The van der Waals surface area contributed by atoms with Crippen LogP contribution >= 0.6 is 0 Å². The van der Waals surface area contributed by atoms with E-state index in [9.17, 15) is 17.6 Å². The maximum absolute atomic E-state index is 14.1. The number of rotatable bonds is 9. The standard InChI is InChI=1S/C35H38FN7O5S/c1-22-17-25(48-33-6-4-3-5-27(33)36)7-8-31(22)43-35(37)26(21-38-43)34(44)30-18-23-19-32(41-13-15-47-16-14-41)29(20-28(23)40-30)39-24-9-11-42(12-10-24)49(2,45)46/h3-8,17-21,24,39-40H,9-16,37H2,1-2H3. The maximum atomic E-state index is 14.1. The smallest absolute Gasteiger partial charge is 0.214 e. The summed E-state index contributed by atoms with van der Waals surface area (Å²) in [5.74, 6) is 0.00204. The Hall–Kier alpha value is -4.92. The molecule has 3 aromatic carbocycles. The second-order valence-electron chi connectivity index (χ2n) is 12.5. The fourth-order valence-electron chi connectivity index (χ4n) is 6.48. The molecule has 0 radical (unpaired) electrons. The molecule has 14 heteroatoms. The molecule has 4 heterocycles. The molecular weight excluding hydrogens is 649 g/mol. The lowest BCUT2D eigenvalue weighted by molar-refractivity contribution is 0.103. The Morgan fingerprint density at radius 3 is 2.51 bits per heavy atom. The van der Waals surface area contributed by atoms with Crippen molar-refractivity contribution in [2.75, 3.05) is 61.6 Å². The van der Waals surface area contributed by atoms with E-state index in [-0.39, 0.29) is 29.0 Å². The molecule has 0 unspecified atom stereocenters. The van der Waals surface area contributed by atoms with Crippen molar-refractivity contribution in [2.45, 2.75) is 25.8 Å². The zero-order valence-electron chi connectivity index (χ0n) is 27.3. The Kier molecular flexibility index (Phi) is 8.77. The fraction of sp³-hybridized carbons (Fsp3) is 0.314. The molecule has 5 aromatic rings. The lowest BCUT2D eigenvalue weighted by atomic mass is 10.1. The van der Waals surface area contributed by atoms with Gasteiger partial charge in [0.1, 0.15) is 11.6 Å². The van der Waals surface area contributed by atoms with Crippen molar-refractivity contribution < 1.29 is 27.1 Å². The van der Waals surface area contributed by atoms with Crippen LogP contribution in [0, 0.1) is 12.7 Å². The maximum Gasteiger partial charge on any atom is 0.214 e. The van der Waals surface area contributed by atoms with E-state index in [2.05, 4.69) is 26.4 Å². The number of nitrogens with one attached hydrogen (secondary N) is 2. The molecule has 0 amide bonds. The first kappa shape index (κ1) is 32.6. The molecule has 7 rings (SSSR count). The minimum atomic E-state index is -3.22. The first-order chi connectivity index (χ1) is 23.5. The number of carbonyl (C=O) groups excluding carboxylic acids is 1. The molecule has 0 bridgehead atoms. The number of ether oxygens (including phenoxy) is 2. The summed E-state index contributed by atoms with van der Waals surface area (Å²) in [5.41, 5.74) is 11.3. The number of H-pyrrole nitrogens is 1. The van der Waals surface area contributed by atoms with E-state index in [1.54, 1.807) is 36.4 Å². The number of piperidine rings is 1. The highest BCUT2D eigenvalue weighted by atomic mass is 32.2. The number of nitrogen functional groups attached to an aromatic ring is 1. The summed E-state index contributed by atoms with van der Waals surface area (Å²) in [6.45, 7) is 5.48. The van der Waals surface area contributed by atoms with E-state index < -0.39 is 15.8 Å². The number of nitrogens with zero attached hydrogens (tertiary/aromatic N) is 4. The predicted octanol–water partition coefficient (Wildman–Crippen LogP) is 5.08. The van der Waals surface area contributed by atoms with E-state index in [1.165, 1.54) is 27.5 Å². The molecule has 4 N–H and O–H groups in total. The number of halogens is 1. The normalized spacial score (nSPS) is 16.3. The summed E-state index contributed by atoms with van der Waals surface area (Å²) in [6.07, 6.45) is 4.08. The summed E-state index contributed by atoms with van der Waals surface area (Å²) >= 11 is 0. The predicted molar refractivity (Wildman–Crippen MR) is 187 cm³/mol. The molecule has 0 saturated carbocycles. The van der Waals surface area contributed by atoms with E-state index in [4.69, 9.17) is 15.2 Å². The molecule has 12 nitrogen and oxygen atoms in total. The molecule has 49 heavy (non-hydrogen) atoms. The van der Waals surface area contributed by atoms with Crippen LogP contribution in [0.2, 0.25) is 0 Å². The first-order valence-corrected chi connectivity index (χ1v) is 18.0. The third kappa shape index (κ3) is 6.71. The lowest BCUT2D eigenvalue weighted by Gasteiger charge is -2.34. The molecule has 0 spiro atoms. The number of hydrogen-bond donors (Lipinski definition) is 3. The van der Waals surface area contributed by atoms with Crippen molar-refractivity contribution in [3.8, 4) is 17.2 Å². The van der Waals surface area contributed by atoms with Gasteiger partial charge in [-0.3, -0.25) is 4.79 Å². The van der Waals surface area contributed by atoms with Crippen molar-refractivity contribution >= 4 is 43.9 Å². The summed E-state index contributed by atoms with van der Waals surface area (Å²) in [7, 11) is -3.22. The summed E-state index contributed by atoms with van der Waals surface area (Å²) in [6, 6.07) is 17.4. The number of benzene rings is 3. The molecule has 2 aromatic heterocycles. The second-order valence-corrected chi connectivity index (χ2v) is 14.5. The number of aromatic nitrogens is 3. The van der Waals surface area contributed by atoms with Gasteiger partial charge in [-0.25, -0.2) is 21.8 Å². The third-order valence-corrected chi connectivity index (χ3v) is 10.4.